The van der Waals surface area contributed by atoms with Gasteiger partial charge in [0.25, 0.3) is 0 Å². The minimum Gasteiger partial charge on any atom is -0.456 e. The van der Waals surface area contributed by atoms with Crippen LogP contribution in [0, 0.1) is 0 Å². The number of hydrogen-bond donors (Lipinski definition) is 0. The second-order valence-electron chi connectivity index (χ2n) is 10.3. The van der Waals surface area contributed by atoms with Gasteiger partial charge in [0.1, 0.15) is 22.3 Å². The van der Waals surface area contributed by atoms with Gasteiger partial charge >= 0.3 is 0 Å². The molecule has 0 fully saturated rings. The van der Waals surface area contributed by atoms with Crippen molar-refractivity contribution in [1.82, 2.24) is 0 Å². The van der Waals surface area contributed by atoms with Gasteiger partial charge in [-0.05, 0) is 73.1 Å². The van der Waals surface area contributed by atoms with Crippen LogP contribution in [0.4, 0.5) is 0 Å². The number of furan rings is 2. The maximum absolute atomic E-state index is 9.67. The molecule has 2 heterocycles. The maximum atomic E-state index is 9.67. The van der Waals surface area contributed by atoms with Gasteiger partial charge in [-0.3, -0.25) is 0 Å². The summed E-state index contributed by atoms with van der Waals surface area (Å²) < 4.78 is 209. The van der Waals surface area contributed by atoms with Crippen LogP contribution in [0.15, 0.2) is 166 Å². The first-order chi connectivity index (χ1) is 32.0. The van der Waals surface area contributed by atoms with E-state index in [-0.39, 0.29) is 38.4 Å². The molecule has 0 saturated heterocycles. The summed E-state index contributed by atoms with van der Waals surface area (Å²) in [7, 11) is 0. The zero-order chi connectivity index (χ0) is 49.3. The molecule has 0 aliphatic carbocycles. The molecule has 0 aliphatic heterocycles. The van der Waals surface area contributed by atoms with Gasteiger partial charge in [-0.25, -0.2) is 0 Å². The van der Waals surface area contributed by atoms with Crippen molar-refractivity contribution in [2.24, 2.45) is 0 Å². The molecule has 0 unspecified atom stereocenters. The van der Waals surface area contributed by atoms with Crippen molar-refractivity contribution in [3.05, 3.63) is 157 Å². The molecular formula is C44H26O2. The Morgan fingerprint density at radius 2 is 0.913 bits per heavy atom. The van der Waals surface area contributed by atoms with E-state index in [1.54, 1.807) is 0 Å². The second kappa shape index (κ2) is 9.69. The summed E-state index contributed by atoms with van der Waals surface area (Å²) >= 11 is 0. The molecular weight excluding hydrogens is 560 g/mol. The summed E-state index contributed by atoms with van der Waals surface area (Å²) in [5, 5.41) is -3.22. The van der Waals surface area contributed by atoms with Crippen LogP contribution in [0.3, 0.4) is 0 Å². The molecule has 0 bridgehead atoms. The van der Waals surface area contributed by atoms with Crippen molar-refractivity contribution >= 4 is 65.4 Å². The van der Waals surface area contributed by atoms with Crippen molar-refractivity contribution in [3.8, 4) is 33.4 Å². The topological polar surface area (TPSA) is 26.3 Å². The molecule has 0 N–H and O–H groups in total. The Morgan fingerprint density at radius 3 is 1.63 bits per heavy atom. The molecule has 10 aromatic rings. The highest BCUT2D eigenvalue weighted by Crippen LogP contribution is 2.48. The summed E-state index contributed by atoms with van der Waals surface area (Å²) in [6, 6.07) is -10.5. The monoisotopic (exact) mass is 608 g/mol. The molecule has 2 aromatic heterocycles. The molecule has 0 spiro atoms. The molecule has 0 saturated carbocycles. The van der Waals surface area contributed by atoms with Gasteiger partial charge in [0.2, 0.25) is 0 Å². The minimum absolute atomic E-state index is 0.0905. The van der Waals surface area contributed by atoms with Gasteiger partial charge in [0, 0.05) is 27.6 Å². The Labute approximate surface area is 295 Å². The van der Waals surface area contributed by atoms with Crippen LogP contribution in [0.5, 0.6) is 0 Å². The maximum Gasteiger partial charge on any atom is 0.139 e. The molecule has 0 amide bonds. The molecule has 2 heteroatoms. The van der Waals surface area contributed by atoms with Gasteiger partial charge in [-0.15, -0.1) is 0 Å². The van der Waals surface area contributed by atoms with Crippen LogP contribution in [-0.2, 0) is 0 Å². The van der Waals surface area contributed by atoms with Crippen LogP contribution in [0.2, 0.25) is 0 Å². The van der Waals surface area contributed by atoms with E-state index in [4.69, 9.17) is 29.4 Å². The van der Waals surface area contributed by atoms with E-state index in [9.17, 15) is 9.60 Å². The lowest BCUT2D eigenvalue weighted by atomic mass is 9.83. The van der Waals surface area contributed by atoms with Crippen LogP contribution in [0.25, 0.3) is 98.8 Å². The first-order valence-corrected chi connectivity index (χ1v) is 13.9. The standard InChI is InChI=1S/C44H26O2/c1-2-13-27(14-3-1)28-15-4-5-17-30(28)42-31-18-6-8-20-33(31)43(34-21-9-7-19-32(34)42)35-22-12-24-39-44(35)37-25-36-29-16-10-11-23-38(29)45-40(36)26-41(37)46-39/h1-26H/i1D,2D,3D,6D,7D,8D,9D,10D,11D,12D,13D,14D,16D,18D,19D,20D,21D,22D,23D,24D,25D,26D. The van der Waals surface area contributed by atoms with E-state index >= 15 is 0 Å². The van der Waals surface area contributed by atoms with Crippen molar-refractivity contribution in [3.63, 3.8) is 0 Å². The third kappa shape index (κ3) is 3.59. The molecule has 0 aliphatic rings. The molecule has 0 radical (unpaired) electrons. The predicted octanol–water partition coefficient (Wildman–Crippen LogP) is 12.8. The van der Waals surface area contributed by atoms with Crippen LogP contribution in [0.1, 0.15) is 30.2 Å². The second-order valence-corrected chi connectivity index (χ2v) is 10.3. The molecule has 214 valence electrons. The summed E-state index contributed by atoms with van der Waals surface area (Å²) in [5.41, 5.74) is -3.68. The van der Waals surface area contributed by atoms with E-state index in [1.807, 2.05) is 0 Å². The lowest BCUT2D eigenvalue weighted by molar-refractivity contribution is 0.656. The molecule has 10 rings (SSSR count). The summed E-state index contributed by atoms with van der Waals surface area (Å²) in [4.78, 5) is 0. The number of benzene rings is 8. The van der Waals surface area contributed by atoms with E-state index in [1.165, 1.54) is 24.3 Å². The lowest BCUT2D eigenvalue weighted by Crippen LogP contribution is -1.93. The fraction of sp³-hybridized carbons (Fsp3) is 0. The quantitative estimate of drug-likeness (QED) is 0.187. The van der Waals surface area contributed by atoms with Gasteiger partial charge in [0.05, 0.1) is 30.2 Å². The van der Waals surface area contributed by atoms with Crippen molar-refractivity contribution in [1.29, 1.82) is 0 Å². The SMILES string of the molecule is [2H]c1c([2H])c([2H])c(-c2ccccc2-c2c3c([2H])c([2H])c([2H])c([2H])c3c(-c3c([2H])c([2H])c([2H])c4oc5c([2H])c6oc7c([2H])c([2H])c([2H])c([2H])c7c6c([2H])c5c34)c3c([2H])c([2H])c([2H])c([2H])c23)c([2H])c1[2H]. The normalized spacial score (nSPS) is 18.6. The first-order valence-electron chi connectivity index (χ1n) is 24.9. The summed E-state index contributed by atoms with van der Waals surface area (Å²) in [5.74, 6) is 0. The van der Waals surface area contributed by atoms with Crippen molar-refractivity contribution in [2.45, 2.75) is 0 Å². The molecule has 8 aromatic carbocycles. The summed E-state index contributed by atoms with van der Waals surface area (Å²) in [6.07, 6.45) is 0. The highest BCUT2D eigenvalue weighted by atomic mass is 16.3. The Kier molecular flexibility index (Phi) is 2.53. The third-order valence-electron chi connectivity index (χ3n) is 7.92. The molecule has 2 nitrogen and oxygen atoms in total. The average Bonchev–Trinajstić information content (AvgIpc) is 3.93. The summed E-state index contributed by atoms with van der Waals surface area (Å²) in [6.45, 7) is 0. The first kappa shape index (κ1) is 12.0. The fourth-order valence-electron chi connectivity index (χ4n) is 6.07. The highest BCUT2D eigenvalue weighted by Gasteiger charge is 2.22. The average molecular weight is 609 g/mol. The fourth-order valence-corrected chi connectivity index (χ4v) is 6.07. The van der Waals surface area contributed by atoms with Gasteiger partial charge in [0.15, 0.2) is 0 Å². The number of para-hydroxylation sites is 1. The predicted molar refractivity (Wildman–Crippen MR) is 192 cm³/mol. The molecule has 0 atom stereocenters. The minimum atomic E-state index is -0.854. The zero-order valence-corrected chi connectivity index (χ0v) is 23.1. The Bertz CT molecular complexity index is 3950. The third-order valence-corrected chi connectivity index (χ3v) is 7.92. The van der Waals surface area contributed by atoms with Crippen LogP contribution in [-0.4, -0.2) is 0 Å². The van der Waals surface area contributed by atoms with E-state index in [0.717, 1.165) is 0 Å². The van der Waals surface area contributed by atoms with Crippen molar-refractivity contribution < 1.29 is 39.0 Å². The zero-order valence-electron chi connectivity index (χ0n) is 45.1. The van der Waals surface area contributed by atoms with Gasteiger partial charge in [-0.2, -0.15) is 0 Å². The lowest BCUT2D eigenvalue weighted by Gasteiger charge is -2.20. The highest BCUT2D eigenvalue weighted by molar-refractivity contribution is 6.27. The number of rotatable bonds is 3. The number of hydrogen-bond acceptors (Lipinski definition) is 2. The van der Waals surface area contributed by atoms with Crippen molar-refractivity contribution in [2.75, 3.05) is 0 Å². The van der Waals surface area contributed by atoms with E-state index < -0.39 is 193 Å². The van der Waals surface area contributed by atoms with E-state index in [2.05, 4.69) is 0 Å². The smallest absolute Gasteiger partial charge is 0.139 e. The Hall–Kier alpha value is -6.12. The Balaban J connectivity index is 1.53. The molecule has 46 heavy (non-hydrogen) atoms. The van der Waals surface area contributed by atoms with E-state index in [0.29, 0.717) is 0 Å². The largest absolute Gasteiger partial charge is 0.456 e. The van der Waals surface area contributed by atoms with Gasteiger partial charge in [-0.1, -0.05) is 133 Å². The number of fused-ring (bicyclic) bond motifs is 8. The van der Waals surface area contributed by atoms with Crippen LogP contribution >= 0.6 is 0 Å². The Morgan fingerprint density at radius 1 is 0.370 bits per heavy atom. The van der Waals surface area contributed by atoms with Crippen LogP contribution < -0.4 is 0 Å². The van der Waals surface area contributed by atoms with Gasteiger partial charge < -0.3 is 8.83 Å².